The molecule has 0 unspecified atom stereocenters. The number of aliphatic hydroxyl groups is 1. The minimum atomic E-state index is -0.607. The molecular formula is C20H22BrN5O4. The highest BCUT2D eigenvalue weighted by molar-refractivity contribution is 9.10. The molecule has 4 rings (SSSR count). The number of cyclic esters (lactones) is 1. The van der Waals surface area contributed by atoms with Gasteiger partial charge in [0.15, 0.2) is 12.7 Å². The molecule has 2 heterocycles. The van der Waals surface area contributed by atoms with E-state index in [9.17, 15) is 4.79 Å². The molecule has 1 aromatic carbocycles. The van der Waals surface area contributed by atoms with Crippen molar-refractivity contribution in [1.82, 2.24) is 14.9 Å². The van der Waals surface area contributed by atoms with Crippen LogP contribution in [0.15, 0.2) is 34.2 Å². The van der Waals surface area contributed by atoms with Crippen LogP contribution in [0.3, 0.4) is 0 Å². The third-order valence-electron chi connectivity index (χ3n) is 5.32. The van der Waals surface area contributed by atoms with Crippen LogP contribution in [0, 0.1) is 0 Å². The molecular weight excluding hydrogens is 454 g/mol. The summed E-state index contributed by atoms with van der Waals surface area (Å²) in [4.78, 5) is 27.5. The van der Waals surface area contributed by atoms with Crippen LogP contribution in [0.5, 0.6) is 0 Å². The van der Waals surface area contributed by atoms with Gasteiger partial charge >= 0.3 is 6.09 Å². The van der Waals surface area contributed by atoms with Gasteiger partial charge in [-0.1, -0.05) is 27.2 Å². The predicted octanol–water partition coefficient (Wildman–Crippen LogP) is 2.31. The largest absolute Gasteiger partial charge is 0.440 e. The molecule has 0 spiro atoms. The van der Waals surface area contributed by atoms with Gasteiger partial charge < -0.3 is 25.3 Å². The molecule has 1 saturated heterocycles. The molecule has 0 radical (unpaired) electrons. The molecule has 3 N–H and O–H groups in total. The van der Waals surface area contributed by atoms with E-state index in [4.69, 9.17) is 20.4 Å². The lowest BCUT2D eigenvalue weighted by atomic mass is 9.70. The Morgan fingerprint density at radius 1 is 1.40 bits per heavy atom. The number of hydrogen-bond donors (Lipinski definition) is 2. The average molecular weight is 476 g/mol. The van der Waals surface area contributed by atoms with Crippen molar-refractivity contribution in [2.45, 2.75) is 25.4 Å². The van der Waals surface area contributed by atoms with Crippen LogP contribution < -0.4 is 5.73 Å². The number of ether oxygens (including phenoxy) is 1. The number of nitrogens with zero attached hydrogens (tertiary/aromatic N) is 4. The minimum Gasteiger partial charge on any atom is -0.440 e. The van der Waals surface area contributed by atoms with E-state index >= 15 is 0 Å². The van der Waals surface area contributed by atoms with E-state index in [1.54, 1.807) is 0 Å². The number of nitrogens with two attached hydrogens (primary N) is 1. The Labute approximate surface area is 182 Å². The first-order chi connectivity index (χ1) is 14.3. The summed E-state index contributed by atoms with van der Waals surface area (Å²) in [7, 11) is 0. The average Bonchev–Trinajstić information content (AvgIpc) is 3.03. The molecule has 1 aromatic heterocycles. The molecule has 0 bridgehead atoms. The van der Waals surface area contributed by atoms with E-state index in [1.807, 2.05) is 32.0 Å². The molecule has 1 aliphatic carbocycles. The van der Waals surface area contributed by atoms with Crippen LogP contribution in [0.2, 0.25) is 0 Å². The zero-order valence-electron chi connectivity index (χ0n) is 16.6. The number of hydrogen-bond acceptors (Lipinski definition) is 8. The lowest BCUT2D eigenvalue weighted by Crippen LogP contribution is -2.36. The van der Waals surface area contributed by atoms with Gasteiger partial charge in [-0.15, -0.1) is 0 Å². The number of oxime groups is 1. The summed E-state index contributed by atoms with van der Waals surface area (Å²) in [6, 6.07) is 5.87. The van der Waals surface area contributed by atoms with Gasteiger partial charge in [-0.3, -0.25) is 0 Å². The number of carbonyl (C=O) groups excluding carboxylic acids is 1. The number of halogens is 1. The lowest BCUT2D eigenvalue weighted by molar-refractivity contribution is 0.0486. The van der Waals surface area contributed by atoms with E-state index in [0.717, 1.165) is 26.9 Å². The number of amides is 1. The topological polar surface area (TPSA) is 123 Å². The van der Waals surface area contributed by atoms with Crippen LogP contribution in [0.25, 0.3) is 11.3 Å². The Kier molecular flexibility index (Phi) is 5.37. The second kappa shape index (κ2) is 7.84. The maximum atomic E-state index is 11.8. The highest BCUT2D eigenvalue weighted by Gasteiger charge is 2.41. The van der Waals surface area contributed by atoms with Gasteiger partial charge in [-0.25, -0.2) is 14.8 Å². The van der Waals surface area contributed by atoms with E-state index < -0.39 is 17.6 Å². The van der Waals surface area contributed by atoms with Crippen molar-refractivity contribution in [3.63, 3.8) is 0 Å². The number of carbonyl (C=O) groups is 1. The molecule has 158 valence electrons. The molecule has 9 nitrogen and oxygen atoms in total. The molecule has 0 saturated carbocycles. The van der Waals surface area contributed by atoms with E-state index in [1.165, 1.54) is 11.2 Å². The number of anilines is 1. The fraction of sp³-hybridized carbons (Fsp3) is 0.400. The number of aromatic nitrogens is 2. The molecule has 30 heavy (non-hydrogen) atoms. The Hall–Kier alpha value is -2.72. The van der Waals surface area contributed by atoms with Crippen molar-refractivity contribution < 1.29 is 19.5 Å². The number of fused-ring (bicyclic) bond motifs is 3. The van der Waals surface area contributed by atoms with Crippen molar-refractivity contribution >= 4 is 33.6 Å². The fourth-order valence-corrected chi connectivity index (χ4v) is 4.27. The molecule has 2 aromatic rings. The van der Waals surface area contributed by atoms with Gasteiger partial charge in [0.2, 0.25) is 0 Å². The molecule has 1 aliphatic heterocycles. The molecule has 10 heteroatoms. The van der Waals surface area contributed by atoms with Gasteiger partial charge in [-0.2, -0.15) is 0 Å². The van der Waals surface area contributed by atoms with Crippen molar-refractivity contribution in [2.24, 2.45) is 5.16 Å². The molecule has 2 aliphatic rings. The molecule has 1 amide bonds. The van der Waals surface area contributed by atoms with Crippen LogP contribution in [0.1, 0.15) is 25.0 Å². The smallest absolute Gasteiger partial charge is 0.410 e. The zero-order valence-corrected chi connectivity index (χ0v) is 18.2. The van der Waals surface area contributed by atoms with Crippen molar-refractivity contribution in [2.75, 3.05) is 32.0 Å². The van der Waals surface area contributed by atoms with Crippen LogP contribution in [-0.4, -0.2) is 64.2 Å². The van der Waals surface area contributed by atoms with Crippen molar-refractivity contribution in [3.8, 4) is 11.3 Å². The standard InChI is InChI=1S/C20H22BrN5O4/c1-20(2)15-16(23-10-24-18(15)22)13-4-3-11(21)7-14(13)17(20)25-29-9-12-8-26(5-6-27)19(28)30-12/h3-4,7,10,12,27H,5-6,8-9H2,1-2H3,(H2,22,23,24)/b25-17+/t12-/m0/s1. The molecule has 1 fully saturated rings. The summed E-state index contributed by atoms with van der Waals surface area (Å²) in [6.45, 7) is 4.55. The third kappa shape index (κ3) is 3.50. The van der Waals surface area contributed by atoms with Crippen LogP contribution in [-0.2, 0) is 15.0 Å². The van der Waals surface area contributed by atoms with Crippen LogP contribution in [0.4, 0.5) is 10.6 Å². The first kappa shape index (κ1) is 20.5. The highest BCUT2D eigenvalue weighted by atomic mass is 79.9. The minimum absolute atomic E-state index is 0.101. The van der Waals surface area contributed by atoms with Crippen LogP contribution >= 0.6 is 15.9 Å². The first-order valence-electron chi connectivity index (χ1n) is 9.51. The van der Waals surface area contributed by atoms with E-state index in [-0.39, 0.29) is 19.8 Å². The third-order valence-corrected chi connectivity index (χ3v) is 5.81. The maximum absolute atomic E-state index is 11.8. The first-order valence-corrected chi connectivity index (χ1v) is 10.3. The normalized spacial score (nSPS) is 20.7. The Morgan fingerprint density at radius 3 is 2.97 bits per heavy atom. The monoisotopic (exact) mass is 475 g/mol. The quantitative estimate of drug-likeness (QED) is 0.635. The predicted molar refractivity (Wildman–Crippen MR) is 114 cm³/mol. The number of β-amino-alcohol motifs (C(OH)–C–C–N with tert-alkyl or cyclic N) is 1. The molecule has 1 atom stereocenters. The summed E-state index contributed by atoms with van der Waals surface area (Å²) < 4.78 is 6.17. The Morgan fingerprint density at radius 2 is 2.20 bits per heavy atom. The Balaban J connectivity index is 1.65. The number of rotatable bonds is 5. The SMILES string of the molecule is CC1(C)/C(=N/OC[C@@H]2CN(CCO)C(=O)O2)c2cc(Br)ccc2-c2ncnc(N)c21. The summed E-state index contributed by atoms with van der Waals surface area (Å²) >= 11 is 3.52. The van der Waals surface area contributed by atoms with Gasteiger partial charge in [-0.05, 0) is 26.0 Å². The summed E-state index contributed by atoms with van der Waals surface area (Å²) in [5.74, 6) is 0.399. The van der Waals surface area contributed by atoms with Gasteiger partial charge in [0, 0.05) is 33.1 Å². The number of benzene rings is 1. The lowest BCUT2D eigenvalue weighted by Gasteiger charge is -2.34. The summed E-state index contributed by atoms with van der Waals surface area (Å²) in [5, 5.41) is 13.5. The number of aliphatic hydroxyl groups excluding tert-OH is 1. The van der Waals surface area contributed by atoms with Crippen molar-refractivity contribution in [1.29, 1.82) is 0 Å². The highest BCUT2D eigenvalue weighted by Crippen LogP contribution is 2.44. The number of nitrogen functional groups attached to an aromatic ring is 1. The summed E-state index contributed by atoms with van der Waals surface area (Å²) in [5.41, 5.74) is 9.64. The second-order valence-electron chi connectivity index (χ2n) is 7.71. The maximum Gasteiger partial charge on any atom is 0.410 e. The van der Waals surface area contributed by atoms with E-state index in [0.29, 0.717) is 18.1 Å². The summed E-state index contributed by atoms with van der Waals surface area (Å²) in [6.07, 6.45) is 0.542. The second-order valence-corrected chi connectivity index (χ2v) is 8.62. The van der Waals surface area contributed by atoms with Crippen molar-refractivity contribution in [3.05, 3.63) is 40.1 Å². The zero-order chi connectivity index (χ0) is 21.5. The van der Waals surface area contributed by atoms with Gasteiger partial charge in [0.25, 0.3) is 0 Å². The fourth-order valence-electron chi connectivity index (χ4n) is 3.91. The van der Waals surface area contributed by atoms with E-state index in [2.05, 4.69) is 31.1 Å². The van der Waals surface area contributed by atoms with Gasteiger partial charge in [0.05, 0.1) is 24.6 Å². The Bertz CT molecular complexity index is 1030. The van der Waals surface area contributed by atoms with Gasteiger partial charge in [0.1, 0.15) is 12.1 Å².